The molecule has 24 heavy (non-hydrogen) atoms. The number of rotatable bonds is 5. The minimum atomic E-state index is -4.85. The smallest absolute Gasteiger partial charge is 0.386 e. The standard InChI is InChI=1S/C14H15ClO9/c1-14(24-15(17,18)19)9-7-11(21-3)10(20-2)5-8(9)6-12(23-14)13(16)22-4/h5-7H,1-4H3. The van der Waals surface area contributed by atoms with E-state index in [2.05, 4.69) is 9.03 Å². The summed E-state index contributed by atoms with van der Waals surface area (Å²) in [7, 11) is -0.936. The summed E-state index contributed by atoms with van der Waals surface area (Å²) in [6, 6.07) is 2.87. The number of hydrogen-bond donors (Lipinski definition) is 0. The number of carbonyl (C=O) groups is 1. The first-order valence-electron chi connectivity index (χ1n) is 6.50. The molecule has 0 amide bonds. The zero-order valence-corrected chi connectivity index (χ0v) is 14.0. The van der Waals surface area contributed by atoms with Crippen LogP contribution in [-0.2, 0) is 24.3 Å². The predicted molar refractivity (Wildman–Crippen MR) is 69.1 cm³/mol. The van der Waals surface area contributed by atoms with Gasteiger partial charge < -0.3 is 18.9 Å². The number of esters is 1. The van der Waals surface area contributed by atoms with Gasteiger partial charge in [0, 0.05) is 6.92 Å². The maximum atomic E-state index is 11.8. The van der Waals surface area contributed by atoms with Crippen LogP contribution in [-0.4, -0.2) is 27.3 Å². The monoisotopic (exact) mass is 362 g/mol. The van der Waals surface area contributed by atoms with Gasteiger partial charge in [0.2, 0.25) is 5.76 Å². The van der Waals surface area contributed by atoms with Crippen molar-refractivity contribution in [2.75, 3.05) is 21.3 Å². The van der Waals surface area contributed by atoms with Crippen LogP contribution in [0.5, 0.6) is 11.5 Å². The number of benzene rings is 1. The molecule has 2 rings (SSSR count). The number of methoxy groups -OCH3 is 3. The van der Waals surface area contributed by atoms with Gasteiger partial charge in [-0.05, 0) is 23.8 Å². The van der Waals surface area contributed by atoms with Crippen molar-refractivity contribution < 1.29 is 52.3 Å². The number of fused-ring (bicyclic) bond motifs is 1. The summed E-state index contributed by atoms with van der Waals surface area (Å²) in [6.07, 6.45) is 1.31. The van der Waals surface area contributed by atoms with Crippen molar-refractivity contribution in [1.82, 2.24) is 0 Å². The molecule has 1 atom stereocenters. The lowest BCUT2D eigenvalue weighted by Gasteiger charge is -2.31. The van der Waals surface area contributed by atoms with Crippen LogP contribution < -0.4 is 23.5 Å². The molecule has 1 aromatic rings. The van der Waals surface area contributed by atoms with Crippen LogP contribution in [0, 0.1) is 10.2 Å². The third-order valence-electron chi connectivity index (χ3n) is 3.26. The fourth-order valence-corrected chi connectivity index (χ4v) is 2.76. The number of halogens is 1. The maximum Gasteiger partial charge on any atom is 0.386 e. The van der Waals surface area contributed by atoms with Crippen molar-refractivity contribution >= 4 is 12.0 Å². The second kappa shape index (κ2) is 6.46. The summed E-state index contributed by atoms with van der Waals surface area (Å²) < 4.78 is 57.8. The first-order chi connectivity index (χ1) is 11.1. The van der Waals surface area contributed by atoms with E-state index in [0.717, 1.165) is 7.11 Å². The minimum absolute atomic E-state index is 0.153. The van der Waals surface area contributed by atoms with Crippen LogP contribution >= 0.6 is 0 Å². The number of hydrogen-bond acceptors (Lipinski definition) is 9. The predicted octanol–water partition coefficient (Wildman–Crippen LogP) is -1.67. The molecule has 0 aromatic heterocycles. The van der Waals surface area contributed by atoms with Crippen molar-refractivity contribution in [3.8, 4) is 11.5 Å². The quantitative estimate of drug-likeness (QED) is 0.564. The second-order valence-corrected chi connectivity index (χ2v) is 5.71. The Morgan fingerprint density at radius 1 is 1.12 bits per heavy atom. The van der Waals surface area contributed by atoms with Gasteiger partial charge >= 0.3 is 11.8 Å². The van der Waals surface area contributed by atoms with Crippen LogP contribution in [0.1, 0.15) is 18.1 Å². The van der Waals surface area contributed by atoms with E-state index in [9.17, 15) is 18.8 Å². The summed E-state index contributed by atoms with van der Waals surface area (Å²) in [5, 5.41) is 0. The minimum Gasteiger partial charge on any atom is -0.493 e. The number of ether oxygens (including phenoxy) is 4. The van der Waals surface area contributed by atoms with Crippen LogP contribution in [0.15, 0.2) is 17.9 Å². The van der Waals surface area contributed by atoms with Gasteiger partial charge in [-0.15, -0.1) is 0 Å². The van der Waals surface area contributed by atoms with Crippen molar-refractivity contribution in [2.24, 2.45) is 0 Å². The van der Waals surface area contributed by atoms with Crippen molar-refractivity contribution in [1.29, 1.82) is 0 Å². The normalized spacial score (nSPS) is 19.7. The Bertz CT molecular complexity index is 680. The molecule has 1 aliphatic heterocycles. The van der Waals surface area contributed by atoms with Crippen LogP contribution in [0.2, 0.25) is 0 Å². The Hall–Kier alpha value is -2.04. The van der Waals surface area contributed by atoms with E-state index < -0.39 is 22.0 Å². The number of carbonyl (C=O) groups excluding carboxylic acids is 1. The molecule has 0 saturated carbocycles. The van der Waals surface area contributed by atoms with Crippen LogP contribution in [0.3, 0.4) is 0 Å². The van der Waals surface area contributed by atoms with Crippen LogP contribution in [0.25, 0.3) is 6.08 Å². The Balaban J connectivity index is 2.65. The third-order valence-corrected chi connectivity index (χ3v) is 3.75. The molecule has 132 valence electrons. The van der Waals surface area contributed by atoms with Gasteiger partial charge in [-0.3, -0.25) is 0 Å². The zero-order chi connectivity index (χ0) is 18.1. The molecule has 1 unspecified atom stereocenters. The third kappa shape index (κ3) is 3.55. The Morgan fingerprint density at radius 2 is 1.71 bits per heavy atom. The highest BCUT2D eigenvalue weighted by atomic mass is 35.7. The van der Waals surface area contributed by atoms with E-state index >= 15 is 0 Å². The second-order valence-electron chi connectivity index (χ2n) is 4.80. The Labute approximate surface area is 139 Å². The molecule has 0 saturated heterocycles. The molecule has 1 aromatic carbocycles. The molecular formula is C14H15ClO9. The molecule has 0 aliphatic carbocycles. The highest BCUT2D eigenvalue weighted by molar-refractivity contribution is 5.92. The molecule has 0 fully saturated rings. The van der Waals surface area contributed by atoms with E-state index in [-0.39, 0.29) is 17.1 Å². The van der Waals surface area contributed by atoms with E-state index in [1.165, 1.54) is 39.4 Å². The summed E-state index contributed by atoms with van der Waals surface area (Å²) in [4.78, 5) is 11.8. The molecule has 0 bridgehead atoms. The summed E-state index contributed by atoms with van der Waals surface area (Å²) >= 11 is 0. The van der Waals surface area contributed by atoms with Gasteiger partial charge in [0.15, 0.2) is 11.5 Å². The molecule has 0 N–H and O–H groups in total. The summed E-state index contributed by atoms with van der Waals surface area (Å²) in [6.45, 7) is 1.18. The van der Waals surface area contributed by atoms with E-state index in [0.29, 0.717) is 11.3 Å². The van der Waals surface area contributed by atoms with Crippen molar-refractivity contribution in [2.45, 2.75) is 12.7 Å². The SMILES string of the molecule is COC(=O)C1=Cc2cc(OC)c(OC)cc2C(C)(O[Cl+3]([O-])([O-])[O-])O1. The molecule has 9 nitrogen and oxygen atoms in total. The highest BCUT2D eigenvalue weighted by Crippen LogP contribution is 2.43. The Kier molecular flexibility index (Phi) is 4.92. The molecule has 1 aliphatic rings. The zero-order valence-electron chi connectivity index (χ0n) is 13.3. The lowest BCUT2D eigenvalue weighted by Crippen LogP contribution is -2.64. The van der Waals surface area contributed by atoms with Gasteiger partial charge in [0.05, 0.1) is 37.1 Å². The van der Waals surface area contributed by atoms with E-state index in [1.54, 1.807) is 0 Å². The fourth-order valence-electron chi connectivity index (χ4n) is 2.28. The molecule has 10 heteroatoms. The summed E-state index contributed by atoms with van der Waals surface area (Å²) in [5.74, 6) is -2.72. The molecular weight excluding hydrogens is 348 g/mol. The molecule has 1 heterocycles. The van der Waals surface area contributed by atoms with Crippen molar-refractivity contribution in [3.05, 3.63) is 29.0 Å². The largest absolute Gasteiger partial charge is 0.493 e. The van der Waals surface area contributed by atoms with Gasteiger partial charge in [-0.25, -0.2) is 4.79 Å². The molecule has 0 radical (unpaired) electrons. The topological polar surface area (TPSA) is 132 Å². The van der Waals surface area contributed by atoms with Gasteiger partial charge in [0.25, 0.3) is 0 Å². The lowest BCUT2D eigenvalue weighted by molar-refractivity contribution is -1.92. The van der Waals surface area contributed by atoms with Crippen LogP contribution in [0.4, 0.5) is 0 Å². The lowest BCUT2D eigenvalue weighted by atomic mass is 9.96. The average Bonchev–Trinajstić information content (AvgIpc) is 2.50. The van der Waals surface area contributed by atoms with E-state index in [4.69, 9.17) is 14.2 Å². The van der Waals surface area contributed by atoms with Gasteiger partial charge in [-0.2, -0.15) is 14.0 Å². The van der Waals surface area contributed by atoms with Gasteiger partial charge in [0.1, 0.15) is 4.29 Å². The Morgan fingerprint density at radius 3 is 2.21 bits per heavy atom. The van der Waals surface area contributed by atoms with Crippen molar-refractivity contribution in [3.63, 3.8) is 0 Å². The first-order valence-corrected chi connectivity index (χ1v) is 7.74. The first kappa shape index (κ1) is 18.3. The fraction of sp³-hybridized carbons (Fsp3) is 0.357. The van der Waals surface area contributed by atoms with E-state index in [1.807, 2.05) is 0 Å². The summed E-state index contributed by atoms with van der Waals surface area (Å²) in [5.41, 5.74) is 0.486. The maximum absolute atomic E-state index is 11.8. The van der Waals surface area contributed by atoms with Gasteiger partial charge in [-0.1, -0.05) is 0 Å². The highest BCUT2D eigenvalue weighted by Gasteiger charge is 2.51. The molecule has 0 spiro atoms. The average molecular weight is 363 g/mol.